The Kier molecular flexibility index (Phi) is 6.85. The fourth-order valence-corrected chi connectivity index (χ4v) is 4.43. The van der Waals surface area contributed by atoms with Gasteiger partial charge in [0.1, 0.15) is 5.75 Å². The molecule has 1 N–H and O–H groups in total. The number of hydrogen-bond donors (Lipinski definition) is 1. The molecule has 7 heteroatoms. The minimum Gasteiger partial charge on any atom is -0.497 e. The molecule has 2 aromatic carbocycles. The van der Waals surface area contributed by atoms with Crippen LogP contribution in [0.5, 0.6) is 5.75 Å². The number of benzene rings is 2. The Morgan fingerprint density at radius 3 is 2.16 bits per heavy atom. The van der Waals surface area contributed by atoms with E-state index in [9.17, 15) is 14.4 Å². The number of carbonyl (C=O) groups is 3. The number of ether oxygens (including phenoxy) is 1. The van der Waals surface area contributed by atoms with Gasteiger partial charge in [-0.15, -0.1) is 0 Å². The van der Waals surface area contributed by atoms with Crippen molar-refractivity contribution in [2.45, 2.75) is 38.1 Å². The van der Waals surface area contributed by atoms with E-state index in [0.717, 1.165) is 37.2 Å². The second kappa shape index (κ2) is 9.96. The van der Waals surface area contributed by atoms with Gasteiger partial charge < -0.3 is 10.1 Å². The summed E-state index contributed by atoms with van der Waals surface area (Å²) in [6, 6.07) is 14.7. The smallest absolute Gasteiger partial charge is 0.251 e. The van der Waals surface area contributed by atoms with E-state index in [1.54, 1.807) is 31.4 Å². The highest BCUT2D eigenvalue weighted by atomic mass is 16.5. The summed E-state index contributed by atoms with van der Waals surface area (Å²) in [5, 5.41) is 3.07. The molecule has 1 unspecified atom stereocenters. The number of piperidine rings is 1. The van der Waals surface area contributed by atoms with Crippen LogP contribution in [-0.4, -0.2) is 49.4 Å². The Morgan fingerprint density at radius 2 is 1.56 bits per heavy atom. The summed E-state index contributed by atoms with van der Waals surface area (Å²) < 4.78 is 5.28. The normalized spacial score (nSPS) is 18.0. The van der Waals surface area contributed by atoms with Crippen LogP contribution in [0.1, 0.15) is 54.1 Å². The fourth-order valence-electron chi connectivity index (χ4n) is 4.43. The SMILES string of the molecule is COc1ccc(C(CNC(=O)c2ccc(N3C(=O)CCC3=O)cc2)N2CCCCC2)cc1. The fraction of sp³-hybridized carbons (Fsp3) is 0.400. The molecule has 168 valence electrons. The van der Waals surface area contributed by atoms with Crippen LogP contribution >= 0.6 is 0 Å². The molecule has 2 aliphatic heterocycles. The van der Waals surface area contributed by atoms with Gasteiger partial charge in [-0.3, -0.25) is 24.2 Å². The summed E-state index contributed by atoms with van der Waals surface area (Å²) in [7, 11) is 1.65. The van der Waals surface area contributed by atoms with Gasteiger partial charge >= 0.3 is 0 Å². The van der Waals surface area contributed by atoms with Crippen LogP contribution in [-0.2, 0) is 9.59 Å². The molecular formula is C25H29N3O4. The second-order valence-electron chi connectivity index (χ2n) is 8.27. The number of carbonyl (C=O) groups excluding carboxylic acids is 3. The van der Waals surface area contributed by atoms with Crippen molar-refractivity contribution in [1.82, 2.24) is 10.2 Å². The molecule has 0 saturated carbocycles. The van der Waals surface area contributed by atoms with E-state index < -0.39 is 0 Å². The number of rotatable bonds is 7. The van der Waals surface area contributed by atoms with E-state index in [2.05, 4.69) is 22.3 Å². The zero-order valence-corrected chi connectivity index (χ0v) is 18.4. The Morgan fingerprint density at radius 1 is 0.938 bits per heavy atom. The summed E-state index contributed by atoms with van der Waals surface area (Å²) in [4.78, 5) is 40.3. The maximum absolute atomic E-state index is 12.8. The molecule has 2 aliphatic rings. The van der Waals surface area contributed by atoms with E-state index in [0.29, 0.717) is 17.8 Å². The summed E-state index contributed by atoms with van der Waals surface area (Å²) in [5.74, 6) is 0.239. The molecule has 1 atom stereocenters. The van der Waals surface area contributed by atoms with Gasteiger partial charge in [0.25, 0.3) is 5.91 Å². The first-order valence-corrected chi connectivity index (χ1v) is 11.2. The third kappa shape index (κ3) is 4.83. The summed E-state index contributed by atoms with van der Waals surface area (Å²) in [5.41, 5.74) is 2.16. The summed E-state index contributed by atoms with van der Waals surface area (Å²) in [6.07, 6.45) is 4.05. The van der Waals surface area contributed by atoms with Crippen molar-refractivity contribution < 1.29 is 19.1 Å². The molecule has 0 aromatic heterocycles. The minimum absolute atomic E-state index is 0.0873. The number of imide groups is 1. The molecule has 4 rings (SSSR count). The molecule has 7 nitrogen and oxygen atoms in total. The van der Waals surface area contributed by atoms with Gasteiger partial charge in [-0.1, -0.05) is 18.6 Å². The number of likely N-dealkylation sites (tertiary alicyclic amines) is 1. The van der Waals surface area contributed by atoms with Crippen LogP contribution < -0.4 is 15.0 Å². The van der Waals surface area contributed by atoms with Crippen LogP contribution in [0.25, 0.3) is 0 Å². The van der Waals surface area contributed by atoms with Crippen molar-refractivity contribution in [2.24, 2.45) is 0 Å². The molecule has 2 fully saturated rings. The molecule has 32 heavy (non-hydrogen) atoms. The largest absolute Gasteiger partial charge is 0.497 e. The Bertz CT molecular complexity index is 950. The van der Waals surface area contributed by atoms with Crippen LogP contribution in [0.3, 0.4) is 0 Å². The maximum Gasteiger partial charge on any atom is 0.251 e. The van der Waals surface area contributed by atoms with E-state index in [-0.39, 0.29) is 36.6 Å². The Balaban J connectivity index is 1.44. The zero-order chi connectivity index (χ0) is 22.5. The standard InChI is InChI=1S/C25H29N3O4/c1-32-21-11-7-18(8-12-21)22(27-15-3-2-4-16-27)17-26-25(31)19-5-9-20(10-6-19)28-23(29)13-14-24(28)30/h5-12,22H,2-4,13-17H2,1H3,(H,26,31). The van der Waals surface area contributed by atoms with Crippen molar-refractivity contribution in [3.05, 3.63) is 59.7 Å². The highest BCUT2D eigenvalue weighted by molar-refractivity contribution is 6.19. The Labute approximate surface area is 188 Å². The van der Waals surface area contributed by atoms with Gasteiger partial charge in [-0.25, -0.2) is 0 Å². The third-order valence-corrected chi connectivity index (χ3v) is 6.23. The van der Waals surface area contributed by atoms with Crippen molar-refractivity contribution in [1.29, 1.82) is 0 Å². The lowest BCUT2D eigenvalue weighted by molar-refractivity contribution is -0.121. The zero-order valence-electron chi connectivity index (χ0n) is 18.4. The van der Waals surface area contributed by atoms with Gasteiger partial charge in [0, 0.05) is 24.9 Å². The lowest BCUT2D eigenvalue weighted by Crippen LogP contribution is -2.40. The second-order valence-corrected chi connectivity index (χ2v) is 8.27. The highest BCUT2D eigenvalue weighted by Crippen LogP contribution is 2.26. The number of nitrogens with one attached hydrogen (secondary N) is 1. The van der Waals surface area contributed by atoms with Crippen molar-refractivity contribution in [3.63, 3.8) is 0 Å². The molecule has 0 aliphatic carbocycles. The van der Waals surface area contributed by atoms with Gasteiger partial charge in [-0.2, -0.15) is 0 Å². The lowest BCUT2D eigenvalue weighted by Gasteiger charge is -2.35. The maximum atomic E-state index is 12.8. The highest BCUT2D eigenvalue weighted by Gasteiger charge is 2.30. The van der Waals surface area contributed by atoms with Gasteiger partial charge in [0.2, 0.25) is 11.8 Å². The van der Waals surface area contributed by atoms with Crippen LogP contribution in [0.4, 0.5) is 5.69 Å². The molecule has 2 aromatic rings. The van der Waals surface area contributed by atoms with E-state index in [1.807, 2.05) is 12.1 Å². The third-order valence-electron chi connectivity index (χ3n) is 6.23. The quantitative estimate of drug-likeness (QED) is 0.675. The van der Waals surface area contributed by atoms with E-state index in [1.165, 1.54) is 11.3 Å². The molecular weight excluding hydrogens is 406 g/mol. The first kappa shape index (κ1) is 22.0. The number of hydrogen-bond acceptors (Lipinski definition) is 5. The van der Waals surface area contributed by atoms with Gasteiger partial charge in [0.15, 0.2) is 0 Å². The summed E-state index contributed by atoms with van der Waals surface area (Å²) >= 11 is 0. The minimum atomic E-state index is -0.198. The van der Waals surface area contributed by atoms with E-state index in [4.69, 9.17) is 4.74 Å². The number of methoxy groups -OCH3 is 1. The Hall–Kier alpha value is -3.19. The molecule has 2 heterocycles. The molecule has 0 radical (unpaired) electrons. The topological polar surface area (TPSA) is 79.0 Å². The van der Waals surface area contributed by atoms with E-state index >= 15 is 0 Å². The number of anilines is 1. The molecule has 0 bridgehead atoms. The van der Waals surface area contributed by atoms with Crippen LogP contribution in [0.2, 0.25) is 0 Å². The van der Waals surface area contributed by atoms with Gasteiger partial charge in [0.05, 0.1) is 18.8 Å². The number of nitrogens with zero attached hydrogens (tertiary/aromatic N) is 2. The predicted octanol–water partition coefficient (Wildman–Crippen LogP) is 3.31. The first-order chi connectivity index (χ1) is 15.6. The van der Waals surface area contributed by atoms with Crippen molar-refractivity contribution >= 4 is 23.4 Å². The first-order valence-electron chi connectivity index (χ1n) is 11.2. The van der Waals surface area contributed by atoms with Crippen LogP contribution in [0, 0.1) is 0 Å². The lowest BCUT2D eigenvalue weighted by atomic mass is 10.0. The van der Waals surface area contributed by atoms with Crippen molar-refractivity contribution in [3.8, 4) is 5.75 Å². The average Bonchev–Trinajstić information content (AvgIpc) is 3.18. The average molecular weight is 436 g/mol. The van der Waals surface area contributed by atoms with Crippen LogP contribution in [0.15, 0.2) is 48.5 Å². The molecule has 0 spiro atoms. The molecule has 3 amide bonds. The van der Waals surface area contributed by atoms with Gasteiger partial charge in [-0.05, 0) is 67.9 Å². The molecule has 2 saturated heterocycles. The predicted molar refractivity (Wildman–Crippen MR) is 122 cm³/mol. The number of amides is 3. The van der Waals surface area contributed by atoms with Crippen molar-refractivity contribution in [2.75, 3.05) is 31.6 Å². The monoisotopic (exact) mass is 435 g/mol. The summed E-state index contributed by atoms with van der Waals surface area (Å²) in [6.45, 7) is 2.52.